The zero-order valence-corrected chi connectivity index (χ0v) is 16.5. The Balaban J connectivity index is 1.91. The smallest absolute Gasteiger partial charge is 0.155 e. The van der Waals surface area contributed by atoms with Gasteiger partial charge in [0, 0.05) is 19.7 Å². The van der Waals surface area contributed by atoms with Crippen molar-refractivity contribution in [1.29, 1.82) is 0 Å². The molecule has 0 saturated carbocycles. The fourth-order valence-electron chi connectivity index (χ4n) is 3.00. The molecule has 4 aromatic rings. The molecule has 2 heterocycles. The Hall–Kier alpha value is -3.47. The van der Waals surface area contributed by atoms with Crippen molar-refractivity contribution in [3.05, 3.63) is 71.5 Å². The van der Waals surface area contributed by atoms with Crippen molar-refractivity contribution < 1.29 is 4.42 Å². The van der Waals surface area contributed by atoms with E-state index in [9.17, 15) is 0 Å². The third-order valence-corrected chi connectivity index (χ3v) is 4.60. The van der Waals surface area contributed by atoms with Crippen molar-refractivity contribution >= 4 is 17.2 Å². The van der Waals surface area contributed by atoms with Crippen molar-refractivity contribution in [3.8, 4) is 22.7 Å². The average molecular weight is 370 g/mol. The van der Waals surface area contributed by atoms with Gasteiger partial charge in [0.1, 0.15) is 17.1 Å². The molecule has 2 aromatic carbocycles. The Morgan fingerprint density at radius 1 is 0.857 bits per heavy atom. The standard InChI is InChI=1S/C23H22N4O/c1-15-12-19-20(13-16(15)2)26-23(22(25-19)17-8-6-5-7-9-17)21-11-10-18(28-21)14-24-27(3)4/h5-14H,1-4H3/b24-14+. The molecule has 4 rings (SSSR count). The first-order valence-corrected chi connectivity index (χ1v) is 9.17. The number of fused-ring (bicyclic) bond motifs is 1. The van der Waals surface area contributed by atoms with E-state index in [1.54, 1.807) is 11.2 Å². The topological polar surface area (TPSA) is 54.5 Å². The van der Waals surface area contributed by atoms with E-state index in [4.69, 9.17) is 14.4 Å². The summed E-state index contributed by atoms with van der Waals surface area (Å²) >= 11 is 0. The number of rotatable bonds is 4. The summed E-state index contributed by atoms with van der Waals surface area (Å²) in [6, 6.07) is 18.1. The van der Waals surface area contributed by atoms with Gasteiger partial charge in [-0.3, -0.25) is 0 Å². The maximum Gasteiger partial charge on any atom is 0.155 e. The summed E-state index contributed by atoms with van der Waals surface area (Å²) in [6.45, 7) is 4.18. The second-order valence-corrected chi connectivity index (χ2v) is 7.01. The molecule has 0 N–H and O–H groups in total. The van der Waals surface area contributed by atoms with Gasteiger partial charge in [0.05, 0.1) is 17.2 Å². The molecule has 0 amide bonds. The summed E-state index contributed by atoms with van der Waals surface area (Å²) in [5.74, 6) is 1.34. The molecular weight excluding hydrogens is 348 g/mol. The maximum absolute atomic E-state index is 6.01. The minimum atomic E-state index is 0.671. The van der Waals surface area contributed by atoms with Crippen LogP contribution in [0.5, 0.6) is 0 Å². The summed E-state index contributed by atoms with van der Waals surface area (Å²) in [4.78, 5) is 9.86. The lowest BCUT2D eigenvalue weighted by molar-refractivity contribution is 0.438. The molecule has 140 valence electrons. The second kappa shape index (κ2) is 7.27. The van der Waals surface area contributed by atoms with Gasteiger partial charge in [0.15, 0.2) is 5.76 Å². The number of hydrogen-bond acceptors (Lipinski definition) is 5. The van der Waals surface area contributed by atoms with Crippen LogP contribution < -0.4 is 0 Å². The molecule has 0 saturated heterocycles. The van der Waals surface area contributed by atoms with Crippen molar-refractivity contribution in [1.82, 2.24) is 15.0 Å². The van der Waals surface area contributed by atoms with Gasteiger partial charge in [-0.05, 0) is 49.2 Å². The van der Waals surface area contributed by atoms with Crippen molar-refractivity contribution in [2.75, 3.05) is 14.1 Å². The molecule has 2 aromatic heterocycles. The molecule has 0 spiro atoms. The molecule has 0 radical (unpaired) electrons. The van der Waals surface area contributed by atoms with Crippen molar-refractivity contribution in [3.63, 3.8) is 0 Å². The van der Waals surface area contributed by atoms with Crippen LogP contribution in [0.4, 0.5) is 0 Å². The van der Waals surface area contributed by atoms with E-state index in [-0.39, 0.29) is 0 Å². The van der Waals surface area contributed by atoms with Crippen LogP contribution in [0.3, 0.4) is 0 Å². The highest BCUT2D eigenvalue weighted by Crippen LogP contribution is 2.32. The van der Waals surface area contributed by atoms with Gasteiger partial charge >= 0.3 is 0 Å². The predicted molar refractivity (Wildman–Crippen MR) is 113 cm³/mol. The van der Waals surface area contributed by atoms with Gasteiger partial charge in [-0.1, -0.05) is 30.3 Å². The van der Waals surface area contributed by atoms with Crippen LogP contribution in [0.2, 0.25) is 0 Å². The van der Waals surface area contributed by atoms with Gasteiger partial charge in [-0.25, -0.2) is 9.97 Å². The Bertz CT molecular complexity index is 1160. The van der Waals surface area contributed by atoms with E-state index in [0.717, 1.165) is 28.0 Å². The Labute approximate surface area is 164 Å². The zero-order chi connectivity index (χ0) is 19.7. The third kappa shape index (κ3) is 3.51. The van der Waals surface area contributed by atoms with E-state index in [0.29, 0.717) is 11.5 Å². The van der Waals surface area contributed by atoms with Crippen molar-refractivity contribution in [2.45, 2.75) is 13.8 Å². The molecule has 0 bridgehead atoms. The van der Waals surface area contributed by atoms with Crippen LogP contribution in [0.15, 0.2) is 64.1 Å². The van der Waals surface area contributed by atoms with Crippen LogP contribution in [-0.2, 0) is 0 Å². The highest BCUT2D eigenvalue weighted by atomic mass is 16.3. The predicted octanol–water partition coefficient (Wildman–Crippen LogP) is 5.07. The summed E-state index contributed by atoms with van der Waals surface area (Å²) in [7, 11) is 3.74. The van der Waals surface area contributed by atoms with Crippen LogP contribution in [0.25, 0.3) is 33.7 Å². The van der Waals surface area contributed by atoms with Gasteiger partial charge in [-0.2, -0.15) is 5.10 Å². The molecule has 5 nitrogen and oxygen atoms in total. The lowest BCUT2D eigenvalue weighted by Gasteiger charge is -2.10. The second-order valence-electron chi connectivity index (χ2n) is 7.01. The van der Waals surface area contributed by atoms with Gasteiger partial charge in [-0.15, -0.1) is 0 Å². The van der Waals surface area contributed by atoms with Gasteiger partial charge in [0.25, 0.3) is 0 Å². The average Bonchev–Trinajstić information content (AvgIpc) is 3.16. The summed E-state index contributed by atoms with van der Waals surface area (Å²) in [5, 5.41) is 5.95. The number of aryl methyl sites for hydroxylation is 2. The molecule has 0 fully saturated rings. The number of aromatic nitrogens is 2. The zero-order valence-electron chi connectivity index (χ0n) is 16.5. The quantitative estimate of drug-likeness (QED) is 0.372. The lowest BCUT2D eigenvalue weighted by atomic mass is 10.1. The summed E-state index contributed by atoms with van der Waals surface area (Å²) in [6.07, 6.45) is 1.69. The molecule has 0 aliphatic heterocycles. The number of hydrazone groups is 1. The maximum atomic E-state index is 6.01. The summed E-state index contributed by atoms with van der Waals surface area (Å²) in [5.41, 5.74) is 6.68. The number of benzene rings is 2. The normalized spacial score (nSPS) is 11.4. The van der Waals surface area contributed by atoms with Crippen LogP contribution in [0, 0.1) is 13.8 Å². The SMILES string of the molecule is Cc1cc2nc(-c3ccccc3)c(-c3ccc(/C=N/N(C)C)o3)nc2cc1C. The molecule has 0 aliphatic carbocycles. The third-order valence-electron chi connectivity index (χ3n) is 4.60. The highest BCUT2D eigenvalue weighted by molar-refractivity contribution is 5.86. The monoisotopic (exact) mass is 370 g/mol. The van der Waals surface area contributed by atoms with E-state index >= 15 is 0 Å². The lowest BCUT2D eigenvalue weighted by Crippen LogP contribution is -2.01. The minimum Gasteiger partial charge on any atom is -0.453 e. The van der Waals surface area contributed by atoms with E-state index < -0.39 is 0 Å². The minimum absolute atomic E-state index is 0.671. The number of hydrogen-bond donors (Lipinski definition) is 0. The molecule has 0 atom stereocenters. The Morgan fingerprint density at radius 3 is 2.14 bits per heavy atom. The first-order valence-electron chi connectivity index (χ1n) is 9.17. The van der Waals surface area contributed by atoms with E-state index in [2.05, 4.69) is 31.1 Å². The van der Waals surface area contributed by atoms with Crippen LogP contribution >= 0.6 is 0 Å². The van der Waals surface area contributed by atoms with Gasteiger partial charge < -0.3 is 9.43 Å². The van der Waals surface area contributed by atoms with Gasteiger partial charge in [0.2, 0.25) is 0 Å². The number of furan rings is 1. The van der Waals surface area contributed by atoms with Crippen molar-refractivity contribution in [2.24, 2.45) is 5.10 Å². The van der Waals surface area contributed by atoms with E-state index in [1.807, 2.05) is 56.6 Å². The first kappa shape index (κ1) is 17.9. The molecule has 0 aliphatic rings. The van der Waals surface area contributed by atoms with Crippen LogP contribution in [-0.4, -0.2) is 35.3 Å². The van der Waals surface area contributed by atoms with Crippen LogP contribution in [0.1, 0.15) is 16.9 Å². The number of nitrogens with zero attached hydrogens (tertiary/aromatic N) is 4. The Morgan fingerprint density at radius 2 is 1.50 bits per heavy atom. The summed E-state index contributed by atoms with van der Waals surface area (Å²) < 4.78 is 6.01. The fourth-order valence-corrected chi connectivity index (χ4v) is 3.00. The molecule has 28 heavy (non-hydrogen) atoms. The largest absolute Gasteiger partial charge is 0.453 e. The highest BCUT2D eigenvalue weighted by Gasteiger charge is 2.16. The van der Waals surface area contributed by atoms with E-state index in [1.165, 1.54) is 11.1 Å². The molecule has 0 unspecified atom stereocenters. The molecule has 5 heteroatoms. The fraction of sp³-hybridized carbons (Fsp3) is 0.174. The molecular formula is C23H22N4O. The Kier molecular flexibility index (Phi) is 4.65. The first-order chi connectivity index (χ1) is 13.5.